The summed E-state index contributed by atoms with van der Waals surface area (Å²) < 4.78 is 0.775. The van der Waals surface area contributed by atoms with Crippen molar-refractivity contribution in [1.82, 2.24) is 9.88 Å². The van der Waals surface area contributed by atoms with Gasteiger partial charge in [0.25, 0.3) is 5.91 Å². The van der Waals surface area contributed by atoms with Crippen LogP contribution in [0.3, 0.4) is 0 Å². The summed E-state index contributed by atoms with van der Waals surface area (Å²) in [4.78, 5) is 18.3. The summed E-state index contributed by atoms with van der Waals surface area (Å²) in [7, 11) is 0. The maximum Gasteiger partial charge on any atom is 0.257 e. The first-order valence-corrected chi connectivity index (χ1v) is 6.92. The van der Waals surface area contributed by atoms with Gasteiger partial charge in [-0.1, -0.05) is 18.5 Å². The van der Waals surface area contributed by atoms with Crippen molar-refractivity contribution in [2.24, 2.45) is 0 Å². The van der Waals surface area contributed by atoms with Crippen LogP contribution >= 0.6 is 27.5 Å². The Hall–Kier alpha value is -0.610. The zero-order valence-corrected chi connectivity index (χ0v) is 12.0. The van der Waals surface area contributed by atoms with Crippen molar-refractivity contribution < 1.29 is 4.79 Å². The van der Waals surface area contributed by atoms with E-state index in [9.17, 15) is 4.79 Å². The lowest BCUT2D eigenvalue weighted by atomic mass is 10.2. The minimum absolute atomic E-state index is 0.00634. The average Bonchev–Trinajstić information content (AvgIpc) is 3.12. The van der Waals surface area contributed by atoms with E-state index in [1.165, 1.54) is 0 Å². The van der Waals surface area contributed by atoms with Crippen molar-refractivity contribution in [3.05, 3.63) is 27.5 Å². The number of nitrogens with zero attached hydrogens (tertiary/aromatic N) is 2. The zero-order chi connectivity index (χ0) is 12.4. The molecule has 0 atom stereocenters. The van der Waals surface area contributed by atoms with E-state index in [1.54, 1.807) is 12.3 Å². The molecule has 2 rings (SSSR count). The van der Waals surface area contributed by atoms with Gasteiger partial charge in [0, 0.05) is 23.3 Å². The van der Waals surface area contributed by atoms with Crippen LogP contribution in [0.25, 0.3) is 0 Å². The van der Waals surface area contributed by atoms with Gasteiger partial charge in [0.05, 0.1) is 5.56 Å². The molecular weight excluding hydrogens is 304 g/mol. The summed E-state index contributed by atoms with van der Waals surface area (Å²) in [5.74, 6) is -0.00634. The summed E-state index contributed by atoms with van der Waals surface area (Å²) >= 11 is 9.29. The number of pyridine rings is 1. The molecule has 1 aliphatic rings. The monoisotopic (exact) mass is 316 g/mol. The van der Waals surface area contributed by atoms with Crippen LogP contribution in [0.4, 0.5) is 0 Å². The van der Waals surface area contributed by atoms with Crippen LogP contribution < -0.4 is 0 Å². The SMILES string of the molecule is CCCN(C(=O)c1cc(Br)cnc1Cl)C1CC1. The van der Waals surface area contributed by atoms with Gasteiger partial charge in [-0.3, -0.25) is 4.79 Å². The molecule has 5 heteroatoms. The van der Waals surface area contributed by atoms with E-state index in [1.807, 2.05) is 4.90 Å². The smallest absolute Gasteiger partial charge is 0.257 e. The van der Waals surface area contributed by atoms with Gasteiger partial charge in [0.2, 0.25) is 0 Å². The molecule has 1 aliphatic carbocycles. The lowest BCUT2D eigenvalue weighted by Gasteiger charge is -2.22. The third-order valence-corrected chi connectivity index (χ3v) is 3.48. The molecule has 1 heterocycles. The number of aromatic nitrogens is 1. The highest BCUT2D eigenvalue weighted by molar-refractivity contribution is 9.10. The standard InChI is InChI=1S/C12H14BrClN2O/c1-2-5-16(9-3-4-9)12(17)10-6-8(13)7-15-11(10)14/h6-7,9H,2-5H2,1H3. The highest BCUT2D eigenvalue weighted by Crippen LogP contribution is 2.30. The molecule has 1 fully saturated rings. The molecule has 1 saturated carbocycles. The number of carbonyl (C=O) groups excluding carboxylic acids is 1. The lowest BCUT2D eigenvalue weighted by molar-refractivity contribution is 0.0743. The first-order valence-electron chi connectivity index (χ1n) is 5.75. The van der Waals surface area contributed by atoms with Gasteiger partial charge in [-0.05, 0) is 41.3 Å². The maximum atomic E-state index is 12.4. The molecule has 0 radical (unpaired) electrons. The Balaban J connectivity index is 2.24. The molecule has 92 valence electrons. The number of carbonyl (C=O) groups is 1. The molecule has 0 N–H and O–H groups in total. The topological polar surface area (TPSA) is 33.2 Å². The lowest BCUT2D eigenvalue weighted by Crippen LogP contribution is -2.34. The van der Waals surface area contributed by atoms with Crippen LogP contribution in [0.5, 0.6) is 0 Å². The van der Waals surface area contributed by atoms with Crippen molar-refractivity contribution in [2.45, 2.75) is 32.2 Å². The van der Waals surface area contributed by atoms with Crippen LogP contribution in [0, 0.1) is 0 Å². The van der Waals surface area contributed by atoms with Crippen molar-refractivity contribution in [1.29, 1.82) is 0 Å². The highest BCUT2D eigenvalue weighted by Gasteiger charge is 2.33. The fourth-order valence-corrected chi connectivity index (χ4v) is 2.32. The normalized spacial score (nSPS) is 14.8. The van der Waals surface area contributed by atoms with E-state index in [0.29, 0.717) is 11.6 Å². The van der Waals surface area contributed by atoms with Crippen molar-refractivity contribution in [3.63, 3.8) is 0 Å². The van der Waals surface area contributed by atoms with Gasteiger partial charge >= 0.3 is 0 Å². The van der Waals surface area contributed by atoms with Crippen molar-refractivity contribution in [3.8, 4) is 0 Å². The molecule has 1 amide bonds. The number of rotatable bonds is 4. The largest absolute Gasteiger partial charge is 0.336 e. The minimum atomic E-state index is -0.00634. The molecule has 0 saturated heterocycles. The number of hydrogen-bond acceptors (Lipinski definition) is 2. The molecule has 0 unspecified atom stereocenters. The molecule has 1 aromatic heterocycles. The third-order valence-electron chi connectivity index (χ3n) is 2.75. The zero-order valence-electron chi connectivity index (χ0n) is 9.62. The summed E-state index contributed by atoms with van der Waals surface area (Å²) in [5.41, 5.74) is 0.487. The fourth-order valence-electron chi connectivity index (χ4n) is 1.80. The van der Waals surface area contributed by atoms with Gasteiger partial charge < -0.3 is 4.90 Å². The van der Waals surface area contributed by atoms with Gasteiger partial charge in [-0.25, -0.2) is 4.98 Å². The highest BCUT2D eigenvalue weighted by atomic mass is 79.9. The third kappa shape index (κ3) is 2.99. The molecule has 3 nitrogen and oxygen atoms in total. The van der Waals surface area contributed by atoms with Crippen LogP contribution in [0.15, 0.2) is 16.7 Å². The van der Waals surface area contributed by atoms with Crippen LogP contribution in [-0.2, 0) is 0 Å². The van der Waals surface area contributed by atoms with Crippen molar-refractivity contribution in [2.75, 3.05) is 6.54 Å². The predicted molar refractivity (Wildman–Crippen MR) is 71.3 cm³/mol. The number of amides is 1. The average molecular weight is 318 g/mol. The summed E-state index contributed by atoms with van der Waals surface area (Å²) in [6.45, 7) is 2.86. The molecule has 17 heavy (non-hydrogen) atoms. The van der Waals surface area contributed by atoms with Gasteiger partial charge in [0.15, 0.2) is 0 Å². The summed E-state index contributed by atoms with van der Waals surface area (Å²) in [6, 6.07) is 2.14. The first-order chi connectivity index (χ1) is 8.13. The number of hydrogen-bond donors (Lipinski definition) is 0. The molecular formula is C12H14BrClN2O. The quantitative estimate of drug-likeness (QED) is 0.796. The van der Waals surface area contributed by atoms with E-state index >= 15 is 0 Å². The Bertz CT molecular complexity index is 435. The second-order valence-electron chi connectivity index (χ2n) is 4.22. The Morgan fingerprint density at radius 2 is 2.35 bits per heavy atom. The molecule has 0 bridgehead atoms. The summed E-state index contributed by atoms with van der Waals surface area (Å²) in [6.07, 6.45) is 4.76. The number of halogens is 2. The molecule has 0 aliphatic heterocycles. The van der Waals surface area contributed by atoms with E-state index in [0.717, 1.165) is 30.3 Å². The van der Waals surface area contributed by atoms with E-state index in [4.69, 9.17) is 11.6 Å². The Labute approximate surface area is 114 Å². The van der Waals surface area contributed by atoms with Crippen LogP contribution in [-0.4, -0.2) is 28.4 Å². The van der Waals surface area contributed by atoms with Gasteiger partial charge in [0.1, 0.15) is 5.15 Å². The van der Waals surface area contributed by atoms with E-state index < -0.39 is 0 Å². The second kappa shape index (κ2) is 5.36. The Kier molecular flexibility index (Phi) is 4.05. The summed E-state index contributed by atoms with van der Waals surface area (Å²) in [5, 5.41) is 0.278. The molecule has 0 spiro atoms. The van der Waals surface area contributed by atoms with E-state index in [-0.39, 0.29) is 11.1 Å². The van der Waals surface area contributed by atoms with Gasteiger partial charge in [-0.15, -0.1) is 0 Å². The Morgan fingerprint density at radius 1 is 1.65 bits per heavy atom. The van der Waals surface area contributed by atoms with Crippen LogP contribution in [0.1, 0.15) is 36.5 Å². The molecule has 1 aromatic rings. The van der Waals surface area contributed by atoms with Crippen LogP contribution in [0.2, 0.25) is 5.15 Å². The second-order valence-corrected chi connectivity index (χ2v) is 5.50. The predicted octanol–water partition coefficient (Wildman–Crippen LogP) is 3.51. The van der Waals surface area contributed by atoms with Gasteiger partial charge in [-0.2, -0.15) is 0 Å². The maximum absolute atomic E-state index is 12.4. The minimum Gasteiger partial charge on any atom is -0.336 e. The van der Waals surface area contributed by atoms with Crippen molar-refractivity contribution >= 4 is 33.4 Å². The fraction of sp³-hybridized carbons (Fsp3) is 0.500. The first kappa shape index (κ1) is 12.8. The van der Waals surface area contributed by atoms with E-state index in [2.05, 4.69) is 27.8 Å². The Morgan fingerprint density at radius 3 is 2.94 bits per heavy atom. The molecule has 0 aromatic carbocycles.